The molecule has 3 rings (SSSR count). The van der Waals surface area contributed by atoms with Crippen LogP contribution in [0.1, 0.15) is 32.0 Å². The lowest BCUT2D eigenvalue weighted by Gasteiger charge is -2.10. The first-order valence-electron chi connectivity index (χ1n) is 10.5. The van der Waals surface area contributed by atoms with Gasteiger partial charge in [0.2, 0.25) is 11.8 Å². The second-order valence-electron chi connectivity index (χ2n) is 7.40. The van der Waals surface area contributed by atoms with E-state index in [1.807, 2.05) is 75.4 Å². The molecule has 0 bridgehead atoms. The van der Waals surface area contributed by atoms with Crippen LogP contribution in [0.15, 0.2) is 70.3 Å². The van der Waals surface area contributed by atoms with Gasteiger partial charge in [-0.15, -0.1) is 24.0 Å². The van der Waals surface area contributed by atoms with Crippen LogP contribution in [0.4, 0.5) is 5.69 Å². The maximum atomic E-state index is 11.8. The number of nitrogens with one attached hydrogen (secondary N) is 3. The molecule has 32 heavy (non-hydrogen) atoms. The Balaban J connectivity index is 0.00000363. The number of anilines is 1. The zero-order chi connectivity index (χ0) is 22.1. The van der Waals surface area contributed by atoms with Gasteiger partial charge in [0.1, 0.15) is 6.26 Å². The first-order chi connectivity index (χ1) is 15.0. The van der Waals surface area contributed by atoms with Gasteiger partial charge in [-0.2, -0.15) is 0 Å². The Morgan fingerprint density at radius 3 is 2.44 bits per heavy atom. The van der Waals surface area contributed by atoms with Crippen molar-refractivity contribution in [3.63, 3.8) is 0 Å². The molecule has 1 aromatic heterocycles. The largest absolute Gasteiger partial charge is 0.444 e. The van der Waals surface area contributed by atoms with E-state index in [4.69, 9.17) is 4.42 Å². The van der Waals surface area contributed by atoms with Crippen molar-refractivity contribution in [3.05, 3.63) is 72.1 Å². The molecule has 1 heterocycles. The highest BCUT2D eigenvalue weighted by Gasteiger charge is 2.08. The minimum absolute atomic E-state index is 0. The topological polar surface area (TPSA) is 91.5 Å². The predicted molar refractivity (Wildman–Crippen MR) is 139 cm³/mol. The van der Waals surface area contributed by atoms with Crippen LogP contribution in [0.5, 0.6) is 0 Å². The molecule has 0 aliphatic heterocycles. The Labute approximate surface area is 206 Å². The molecule has 3 N–H and O–H groups in total. The van der Waals surface area contributed by atoms with E-state index in [0.29, 0.717) is 24.9 Å². The monoisotopic (exact) mass is 547 g/mol. The van der Waals surface area contributed by atoms with Crippen LogP contribution in [0, 0.1) is 5.92 Å². The van der Waals surface area contributed by atoms with E-state index in [9.17, 15) is 4.79 Å². The lowest BCUT2D eigenvalue weighted by atomic mass is 10.2. The molecule has 0 spiro atoms. The van der Waals surface area contributed by atoms with Gasteiger partial charge in [-0.1, -0.05) is 44.2 Å². The number of hydrogen-bond donors (Lipinski definition) is 3. The lowest BCUT2D eigenvalue weighted by molar-refractivity contribution is -0.118. The van der Waals surface area contributed by atoms with Crippen LogP contribution in [0.3, 0.4) is 0 Å². The Kier molecular flexibility index (Phi) is 10.2. The second kappa shape index (κ2) is 12.8. The number of guanidine groups is 1. The summed E-state index contributed by atoms with van der Waals surface area (Å²) < 4.78 is 5.58. The summed E-state index contributed by atoms with van der Waals surface area (Å²) in [7, 11) is 0. The summed E-state index contributed by atoms with van der Waals surface area (Å²) in [4.78, 5) is 21.0. The number of rotatable bonds is 8. The highest BCUT2D eigenvalue weighted by atomic mass is 127. The lowest BCUT2D eigenvalue weighted by Crippen LogP contribution is -2.36. The Morgan fingerprint density at radius 1 is 1.06 bits per heavy atom. The minimum atomic E-state index is -0.0495. The zero-order valence-corrected chi connectivity index (χ0v) is 20.9. The van der Waals surface area contributed by atoms with Crippen LogP contribution < -0.4 is 16.0 Å². The van der Waals surface area contributed by atoms with Gasteiger partial charge in [-0.05, 0) is 36.8 Å². The number of carbonyl (C=O) groups excluding carboxylic acids is 1. The molecular formula is C24H30IN5O2. The molecule has 8 heteroatoms. The summed E-state index contributed by atoms with van der Waals surface area (Å²) in [5.41, 5.74) is 3.58. The van der Waals surface area contributed by atoms with E-state index >= 15 is 0 Å². The number of aliphatic imine (C=N–C) groups is 1. The number of halogens is 1. The third-order valence-electron chi connectivity index (χ3n) is 4.52. The van der Waals surface area contributed by atoms with Crippen molar-refractivity contribution in [2.45, 2.75) is 33.9 Å². The van der Waals surface area contributed by atoms with Crippen LogP contribution in [-0.2, 0) is 17.9 Å². The third kappa shape index (κ3) is 7.67. The molecule has 0 unspecified atom stereocenters. The number of hydrogen-bond acceptors (Lipinski definition) is 4. The van der Waals surface area contributed by atoms with Crippen molar-refractivity contribution in [1.29, 1.82) is 0 Å². The zero-order valence-electron chi connectivity index (χ0n) is 18.6. The maximum Gasteiger partial charge on any atom is 0.226 e. The molecule has 1 amide bonds. The van der Waals surface area contributed by atoms with Gasteiger partial charge in [-0.25, -0.2) is 9.98 Å². The van der Waals surface area contributed by atoms with Crippen LogP contribution in [-0.4, -0.2) is 23.4 Å². The molecular weight excluding hydrogens is 517 g/mol. The van der Waals surface area contributed by atoms with Crippen molar-refractivity contribution < 1.29 is 9.21 Å². The van der Waals surface area contributed by atoms with E-state index in [2.05, 4.69) is 25.9 Å². The van der Waals surface area contributed by atoms with E-state index in [-0.39, 0.29) is 35.8 Å². The SMILES string of the molecule is CCNC(=NCc1ccc(NC(=O)C(C)C)cc1)NCc1coc(-c2ccccc2)n1.I. The smallest absolute Gasteiger partial charge is 0.226 e. The number of benzene rings is 2. The van der Waals surface area contributed by atoms with Gasteiger partial charge in [-0.3, -0.25) is 4.79 Å². The van der Waals surface area contributed by atoms with Crippen molar-refractivity contribution in [2.75, 3.05) is 11.9 Å². The number of oxazole rings is 1. The fraction of sp³-hybridized carbons (Fsp3) is 0.292. The molecule has 3 aromatic rings. The molecule has 0 saturated heterocycles. The molecule has 0 fully saturated rings. The highest BCUT2D eigenvalue weighted by Crippen LogP contribution is 2.17. The molecule has 2 aromatic carbocycles. The summed E-state index contributed by atoms with van der Waals surface area (Å²) in [5.74, 6) is 1.26. The first-order valence-corrected chi connectivity index (χ1v) is 10.5. The minimum Gasteiger partial charge on any atom is -0.444 e. The number of nitrogens with zero attached hydrogens (tertiary/aromatic N) is 2. The van der Waals surface area contributed by atoms with E-state index in [1.165, 1.54) is 0 Å². The van der Waals surface area contributed by atoms with Crippen molar-refractivity contribution >= 4 is 41.5 Å². The average molecular weight is 547 g/mol. The fourth-order valence-electron chi connectivity index (χ4n) is 2.77. The molecule has 170 valence electrons. The summed E-state index contributed by atoms with van der Waals surface area (Å²) >= 11 is 0. The normalized spacial score (nSPS) is 11.1. The van der Waals surface area contributed by atoms with Crippen molar-refractivity contribution in [3.8, 4) is 11.5 Å². The van der Waals surface area contributed by atoms with Gasteiger partial charge in [0.15, 0.2) is 5.96 Å². The standard InChI is InChI=1S/C24H29N5O2.HI/c1-4-25-24(26-14-18-10-12-20(13-11-18)28-22(30)17(2)3)27-15-21-16-31-23(29-21)19-8-6-5-7-9-19;/h5-13,16-17H,4,14-15H2,1-3H3,(H,28,30)(H2,25,26,27);1H. The van der Waals surface area contributed by atoms with Crippen LogP contribution in [0.2, 0.25) is 0 Å². The maximum absolute atomic E-state index is 11.8. The quantitative estimate of drug-likeness (QED) is 0.214. The van der Waals surface area contributed by atoms with E-state index in [1.54, 1.807) is 6.26 Å². The van der Waals surface area contributed by atoms with Gasteiger partial charge in [0.05, 0.1) is 18.8 Å². The molecule has 0 saturated carbocycles. The number of aromatic nitrogens is 1. The second-order valence-corrected chi connectivity index (χ2v) is 7.40. The van der Waals surface area contributed by atoms with Crippen molar-refractivity contribution in [1.82, 2.24) is 15.6 Å². The Bertz CT molecular complexity index is 1000. The number of amides is 1. The van der Waals surface area contributed by atoms with Gasteiger partial charge in [0, 0.05) is 23.7 Å². The van der Waals surface area contributed by atoms with Gasteiger partial charge < -0.3 is 20.4 Å². The first kappa shape index (κ1) is 25.4. The fourth-order valence-corrected chi connectivity index (χ4v) is 2.77. The molecule has 0 radical (unpaired) electrons. The summed E-state index contributed by atoms with van der Waals surface area (Å²) in [6.07, 6.45) is 1.66. The summed E-state index contributed by atoms with van der Waals surface area (Å²) in [6.45, 7) is 7.53. The molecule has 0 atom stereocenters. The van der Waals surface area contributed by atoms with Crippen LogP contribution in [0.25, 0.3) is 11.5 Å². The van der Waals surface area contributed by atoms with Crippen LogP contribution >= 0.6 is 24.0 Å². The predicted octanol–water partition coefficient (Wildman–Crippen LogP) is 4.81. The Hall–Kier alpha value is -2.88. The Morgan fingerprint density at radius 2 is 1.78 bits per heavy atom. The van der Waals surface area contributed by atoms with Gasteiger partial charge in [0.25, 0.3) is 0 Å². The molecule has 0 aliphatic carbocycles. The highest BCUT2D eigenvalue weighted by molar-refractivity contribution is 14.0. The number of carbonyl (C=O) groups is 1. The summed E-state index contributed by atoms with van der Waals surface area (Å²) in [6, 6.07) is 17.5. The van der Waals surface area contributed by atoms with E-state index in [0.717, 1.165) is 29.1 Å². The molecule has 0 aliphatic rings. The van der Waals surface area contributed by atoms with E-state index < -0.39 is 0 Å². The summed E-state index contributed by atoms with van der Waals surface area (Å²) in [5, 5.41) is 9.41. The average Bonchev–Trinajstić information content (AvgIpc) is 3.26. The van der Waals surface area contributed by atoms with Crippen molar-refractivity contribution in [2.24, 2.45) is 10.9 Å². The van der Waals surface area contributed by atoms with Gasteiger partial charge >= 0.3 is 0 Å². The third-order valence-corrected chi connectivity index (χ3v) is 4.52. The molecule has 7 nitrogen and oxygen atoms in total.